The Bertz CT molecular complexity index is 71.1. The molecule has 44 valence electrons. The molecule has 8 heavy (non-hydrogen) atoms. The summed E-state index contributed by atoms with van der Waals surface area (Å²) in [7, 11) is 2.44. The van der Waals surface area contributed by atoms with E-state index in [0.29, 0.717) is 0 Å². The molecule has 0 rings (SSSR count). The molecule has 3 nitrogen and oxygen atoms in total. The normalized spacial score (nSPS) is 7.12. The third-order valence-electron chi connectivity index (χ3n) is 0.212. The summed E-state index contributed by atoms with van der Waals surface area (Å²) in [5, 5.41) is 7.90. The molecule has 0 saturated heterocycles. The van der Waals surface area contributed by atoms with Crippen LogP contribution >= 0.6 is 21.8 Å². The second kappa shape index (κ2) is 8.61. The molecule has 0 aliphatic heterocycles. The van der Waals surface area contributed by atoms with Crippen LogP contribution in [0.2, 0.25) is 0 Å². The van der Waals surface area contributed by atoms with Gasteiger partial charge < -0.3 is 5.11 Å². The van der Waals surface area contributed by atoms with Gasteiger partial charge in [0, 0.05) is 11.0 Å². The first-order valence-corrected chi connectivity index (χ1v) is 4.01. The van der Waals surface area contributed by atoms with E-state index in [9.17, 15) is 4.79 Å². The Morgan fingerprint density at radius 1 is 1.75 bits per heavy atom. The fourth-order valence-corrected chi connectivity index (χ4v) is 0.696. The second-order valence-electron chi connectivity index (χ2n) is 0.657. The SMILES string of the molecule is CSSNC(=O)O.[KH]. The molecular weight excluding hydrogens is 173 g/mol. The molecule has 0 aromatic carbocycles. The number of amides is 1. The molecule has 0 heterocycles. The molecule has 0 aliphatic rings. The Labute approximate surface area is 98.3 Å². The molecule has 0 aromatic heterocycles. The van der Waals surface area contributed by atoms with Gasteiger partial charge in [0.25, 0.3) is 0 Å². The van der Waals surface area contributed by atoms with E-state index in [1.54, 1.807) is 6.26 Å². The first kappa shape index (κ1) is 12.3. The van der Waals surface area contributed by atoms with Gasteiger partial charge in [0.05, 0.1) is 0 Å². The van der Waals surface area contributed by atoms with Gasteiger partial charge in [-0.25, -0.2) is 4.79 Å². The zero-order valence-corrected chi connectivity index (χ0v) is 5.30. The Balaban J connectivity index is 0. The number of hydrogen-bond acceptors (Lipinski definition) is 3. The van der Waals surface area contributed by atoms with E-state index in [2.05, 4.69) is 4.72 Å². The Morgan fingerprint density at radius 2 is 2.25 bits per heavy atom. The standard InChI is InChI=1S/C2H5NO2S2.K.H/c1-6-7-3-2(4)5;;/h3H,1H3,(H,4,5);;. The van der Waals surface area contributed by atoms with Crippen LogP contribution in [0.15, 0.2) is 0 Å². The molecule has 0 aliphatic carbocycles. The van der Waals surface area contributed by atoms with Gasteiger partial charge in [0.1, 0.15) is 0 Å². The van der Waals surface area contributed by atoms with Gasteiger partial charge in [-0.15, -0.1) is 0 Å². The maximum absolute atomic E-state index is 9.61. The topological polar surface area (TPSA) is 49.3 Å². The van der Waals surface area contributed by atoms with Crippen LogP contribution in [0.25, 0.3) is 0 Å². The summed E-state index contributed by atoms with van der Waals surface area (Å²) in [6, 6.07) is 0. The van der Waals surface area contributed by atoms with E-state index in [4.69, 9.17) is 5.11 Å². The molecule has 0 spiro atoms. The molecule has 0 bridgehead atoms. The van der Waals surface area contributed by atoms with Gasteiger partial charge in [-0.3, -0.25) is 4.72 Å². The first-order valence-electron chi connectivity index (χ1n) is 1.46. The molecule has 0 saturated carbocycles. The van der Waals surface area contributed by atoms with Crippen molar-refractivity contribution >= 4 is 79.3 Å². The zero-order valence-electron chi connectivity index (χ0n) is 3.67. The van der Waals surface area contributed by atoms with Crippen molar-refractivity contribution in [1.29, 1.82) is 0 Å². The molecule has 0 unspecified atom stereocenters. The molecule has 0 atom stereocenters. The van der Waals surface area contributed by atoms with Gasteiger partial charge in [-0.2, -0.15) is 0 Å². The second-order valence-corrected chi connectivity index (χ2v) is 2.86. The van der Waals surface area contributed by atoms with Gasteiger partial charge in [-0.1, -0.05) is 10.8 Å². The van der Waals surface area contributed by atoms with Gasteiger partial charge in [0.15, 0.2) is 0 Å². The van der Waals surface area contributed by atoms with Crippen molar-refractivity contribution in [3.05, 3.63) is 0 Å². The van der Waals surface area contributed by atoms with Crippen molar-refractivity contribution < 1.29 is 9.90 Å². The summed E-state index contributed by atoms with van der Waals surface area (Å²) in [6.07, 6.45) is 0.792. The fraction of sp³-hybridized carbons (Fsp3) is 0.500. The molecule has 1 amide bonds. The van der Waals surface area contributed by atoms with Crippen LogP contribution in [-0.2, 0) is 0 Å². The molecule has 0 fully saturated rings. The zero-order chi connectivity index (χ0) is 5.70. The van der Waals surface area contributed by atoms with E-state index in [-0.39, 0.29) is 51.4 Å². The van der Waals surface area contributed by atoms with Gasteiger partial charge >= 0.3 is 57.5 Å². The summed E-state index contributed by atoms with van der Waals surface area (Å²) < 4.78 is 2.09. The van der Waals surface area contributed by atoms with Crippen molar-refractivity contribution in [3.8, 4) is 0 Å². The minimum absolute atomic E-state index is 0. The predicted octanol–water partition coefficient (Wildman–Crippen LogP) is 0.532. The van der Waals surface area contributed by atoms with Crippen molar-refractivity contribution in [2.24, 2.45) is 0 Å². The van der Waals surface area contributed by atoms with E-state index in [1.165, 1.54) is 10.8 Å². The van der Waals surface area contributed by atoms with Crippen LogP contribution in [0.3, 0.4) is 0 Å². The maximum atomic E-state index is 9.61. The average molecular weight is 179 g/mol. The fourth-order valence-electron chi connectivity index (χ4n) is 0.0773. The molecule has 0 aromatic rings. The predicted molar refractivity (Wildman–Crippen MR) is 39.4 cm³/mol. The number of rotatable bonds is 2. The van der Waals surface area contributed by atoms with E-state index in [0.717, 1.165) is 11.0 Å². The molecule has 2 N–H and O–H groups in total. The van der Waals surface area contributed by atoms with Crippen LogP contribution in [0.4, 0.5) is 4.79 Å². The summed E-state index contributed by atoms with van der Waals surface area (Å²) in [5.41, 5.74) is 0. The molecule has 0 radical (unpaired) electrons. The van der Waals surface area contributed by atoms with Crippen LogP contribution < -0.4 is 4.72 Å². The number of hydrogen-bond donors (Lipinski definition) is 2. The Kier molecular flexibility index (Phi) is 13.2. The van der Waals surface area contributed by atoms with Crippen LogP contribution in [0.1, 0.15) is 0 Å². The summed E-state index contributed by atoms with van der Waals surface area (Å²) >= 11 is 0. The Morgan fingerprint density at radius 3 is 2.38 bits per heavy atom. The number of nitrogens with one attached hydrogen (secondary N) is 1. The van der Waals surface area contributed by atoms with Crippen molar-refractivity contribution in [1.82, 2.24) is 4.72 Å². The number of carboxylic acid groups (broad SMARTS) is 1. The number of carbonyl (C=O) groups is 1. The summed E-state index contributed by atoms with van der Waals surface area (Å²) in [6.45, 7) is 0. The van der Waals surface area contributed by atoms with Crippen molar-refractivity contribution in [2.45, 2.75) is 0 Å². The van der Waals surface area contributed by atoms with Gasteiger partial charge in [-0.05, 0) is 6.26 Å². The van der Waals surface area contributed by atoms with E-state index >= 15 is 0 Å². The quantitative estimate of drug-likeness (QED) is 0.369. The van der Waals surface area contributed by atoms with Crippen LogP contribution in [0, 0.1) is 0 Å². The van der Waals surface area contributed by atoms with E-state index in [1.807, 2.05) is 0 Å². The molecular formula is C2H6KNO2S2. The van der Waals surface area contributed by atoms with Crippen molar-refractivity contribution in [3.63, 3.8) is 0 Å². The monoisotopic (exact) mass is 179 g/mol. The first-order chi connectivity index (χ1) is 3.27. The van der Waals surface area contributed by atoms with Crippen LogP contribution in [-0.4, -0.2) is 68.8 Å². The van der Waals surface area contributed by atoms with Gasteiger partial charge in [0.2, 0.25) is 0 Å². The third kappa shape index (κ3) is 10.6. The minimum atomic E-state index is -1.00. The Hall–Kier alpha value is 1.61. The summed E-state index contributed by atoms with van der Waals surface area (Å²) in [5.74, 6) is 0. The molecule has 6 heteroatoms. The third-order valence-corrected chi connectivity index (χ3v) is 1.39. The average Bonchev–Trinajstić information content (AvgIpc) is 1.61. The van der Waals surface area contributed by atoms with Crippen LogP contribution in [0.5, 0.6) is 0 Å². The van der Waals surface area contributed by atoms with Crippen molar-refractivity contribution in [2.75, 3.05) is 6.26 Å². The summed E-state index contributed by atoms with van der Waals surface area (Å²) in [4.78, 5) is 9.61. The van der Waals surface area contributed by atoms with E-state index < -0.39 is 6.09 Å².